The molecule has 3 heteroatoms. The minimum absolute atomic E-state index is 0.0457. The zero-order chi connectivity index (χ0) is 14.4. The van der Waals surface area contributed by atoms with Crippen molar-refractivity contribution in [1.29, 1.82) is 0 Å². The highest BCUT2D eigenvalue weighted by Crippen LogP contribution is 2.39. The van der Waals surface area contributed by atoms with E-state index in [1.54, 1.807) is 0 Å². The maximum atomic E-state index is 6.01. The molecule has 0 amide bonds. The molecule has 1 heterocycles. The van der Waals surface area contributed by atoms with Crippen LogP contribution in [0.25, 0.3) is 0 Å². The molecule has 1 atom stereocenters. The summed E-state index contributed by atoms with van der Waals surface area (Å²) in [5.41, 5.74) is 10.3. The fourth-order valence-electron chi connectivity index (χ4n) is 3.14. The molecule has 0 fully saturated rings. The maximum absolute atomic E-state index is 6.01. The van der Waals surface area contributed by atoms with E-state index in [1.807, 2.05) is 0 Å². The van der Waals surface area contributed by atoms with Gasteiger partial charge in [0.2, 0.25) is 0 Å². The van der Waals surface area contributed by atoms with Gasteiger partial charge in [-0.1, -0.05) is 20.8 Å². The van der Waals surface area contributed by atoms with Gasteiger partial charge in [0.15, 0.2) is 0 Å². The Kier molecular flexibility index (Phi) is 3.54. The first-order chi connectivity index (χ1) is 8.66. The van der Waals surface area contributed by atoms with Crippen LogP contribution in [0.2, 0.25) is 0 Å². The molecule has 108 valence electrons. The molecule has 0 saturated heterocycles. The maximum Gasteiger partial charge on any atom is 0.0716 e. The van der Waals surface area contributed by atoms with E-state index in [4.69, 9.17) is 10.8 Å². The van der Waals surface area contributed by atoms with E-state index in [2.05, 4.69) is 46.2 Å². The largest absolute Gasteiger partial charge is 0.330 e. The predicted octanol–water partition coefficient (Wildman–Crippen LogP) is 3.31. The average molecular weight is 263 g/mol. The monoisotopic (exact) mass is 263 g/mol. The minimum Gasteiger partial charge on any atom is -0.330 e. The Morgan fingerprint density at radius 1 is 1.21 bits per heavy atom. The van der Waals surface area contributed by atoms with Crippen LogP contribution < -0.4 is 5.73 Å². The zero-order valence-electron chi connectivity index (χ0n) is 13.4. The number of nitrogens with zero attached hydrogens (tertiary/aromatic N) is 2. The van der Waals surface area contributed by atoms with E-state index in [0.29, 0.717) is 5.92 Å². The molecule has 0 bridgehead atoms. The molecule has 3 nitrogen and oxygen atoms in total. The van der Waals surface area contributed by atoms with Crippen molar-refractivity contribution < 1.29 is 0 Å². The first-order valence-corrected chi connectivity index (χ1v) is 7.49. The summed E-state index contributed by atoms with van der Waals surface area (Å²) >= 11 is 0. The van der Waals surface area contributed by atoms with Gasteiger partial charge in [-0.05, 0) is 52.5 Å². The Labute approximate surface area is 117 Å². The van der Waals surface area contributed by atoms with Crippen LogP contribution in [0.5, 0.6) is 0 Å². The molecular weight excluding hydrogens is 234 g/mol. The van der Waals surface area contributed by atoms with Crippen LogP contribution in [0.1, 0.15) is 77.3 Å². The third-order valence-corrected chi connectivity index (χ3v) is 4.03. The van der Waals surface area contributed by atoms with Gasteiger partial charge in [0.05, 0.1) is 11.2 Å². The summed E-state index contributed by atoms with van der Waals surface area (Å²) in [7, 11) is 0. The lowest BCUT2D eigenvalue weighted by Crippen LogP contribution is -2.27. The van der Waals surface area contributed by atoms with Gasteiger partial charge in [0.1, 0.15) is 0 Å². The predicted molar refractivity (Wildman–Crippen MR) is 80.7 cm³/mol. The van der Waals surface area contributed by atoms with Gasteiger partial charge in [-0.15, -0.1) is 0 Å². The Hall–Kier alpha value is -0.830. The van der Waals surface area contributed by atoms with E-state index in [1.165, 1.54) is 29.8 Å². The van der Waals surface area contributed by atoms with Crippen molar-refractivity contribution in [1.82, 2.24) is 9.78 Å². The molecule has 1 unspecified atom stereocenters. The van der Waals surface area contributed by atoms with E-state index in [9.17, 15) is 0 Å². The molecule has 1 aliphatic rings. The van der Waals surface area contributed by atoms with Crippen LogP contribution in [-0.4, -0.2) is 16.3 Å². The second-order valence-corrected chi connectivity index (χ2v) is 7.87. The van der Waals surface area contributed by atoms with Gasteiger partial charge in [-0.3, -0.25) is 4.68 Å². The Morgan fingerprint density at radius 3 is 2.32 bits per heavy atom. The van der Waals surface area contributed by atoms with Crippen LogP contribution in [0.15, 0.2) is 0 Å². The topological polar surface area (TPSA) is 43.8 Å². The summed E-state index contributed by atoms with van der Waals surface area (Å²) in [6, 6.07) is 0. The lowest BCUT2D eigenvalue weighted by Gasteiger charge is -2.28. The normalized spacial score (nSPS) is 20.5. The molecular formula is C16H29N3. The van der Waals surface area contributed by atoms with Gasteiger partial charge >= 0.3 is 0 Å². The number of rotatable bonds is 1. The highest BCUT2D eigenvalue weighted by molar-refractivity contribution is 5.37. The van der Waals surface area contributed by atoms with Crippen molar-refractivity contribution in [2.24, 2.45) is 5.73 Å². The van der Waals surface area contributed by atoms with Crippen molar-refractivity contribution in [2.75, 3.05) is 6.54 Å². The third kappa shape index (κ3) is 2.58. The summed E-state index contributed by atoms with van der Waals surface area (Å²) in [5.74, 6) is 0.495. The number of hydrogen-bond acceptors (Lipinski definition) is 2. The fraction of sp³-hybridized carbons (Fsp3) is 0.812. The highest BCUT2D eigenvalue weighted by atomic mass is 15.3. The molecule has 0 aromatic carbocycles. The average Bonchev–Trinajstić information content (AvgIpc) is 2.67. The van der Waals surface area contributed by atoms with E-state index in [0.717, 1.165) is 13.0 Å². The molecule has 1 aromatic heterocycles. The van der Waals surface area contributed by atoms with Crippen LogP contribution >= 0.6 is 0 Å². The fourth-order valence-corrected chi connectivity index (χ4v) is 3.14. The molecule has 2 rings (SSSR count). The summed E-state index contributed by atoms with van der Waals surface area (Å²) in [6.45, 7) is 14.2. The SMILES string of the molecule is CC(C)(C)c1nn(C(C)(C)C)c2c1C(CN)CCC2. The van der Waals surface area contributed by atoms with Crippen LogP contribution in [-0.2, 0) is 17.4 Å². The quantitative estimate of drug-likeness (QED) is 0.844. The third-order valence-electron chi connectivity index (χ3n) is 4.03. The van der Waals surface area contributed by atoms with Crippen molar-refractivity contribution in [3.05, 3.63) is 17.0 Å². The van der Waals surface area contributed by atoms with Gasteiger partial charge < -0.3 is 5.73 Å². The van der Waals surface area contributed by atoms with Crippen LogP contribution in [0.3, 0.4) is 0 Å². The Morgan fingerprint density at radius 2 is 1.84 bits per heavy atom. The highest BCUT2D eigenvalue weighted by Gasteiger charge is 2.34. The van der Waals surface area contributed by atoms with Crippen LogP contribution in [0.4, 0.5) is 0 Å². The first-order valence-electron chi connectivity index (χ1n) is 7.49. The molecule has 1 aliphatic carbocycles. The van der Waals surface area contributed by atoms with Gasteiger partial charge in [0, 0.05) is 16.7 Å². The molecule has 0 aliphatic heterocycles. The zero-order valence-corrected chi connectivity index (χ0v) is 13.4. The summed E-state index contributed by atoms with van der Waals surface area (Å²) in [4.78, 5) is 0. The lowest BCUT2D eigenvalue weighted by atomic mass is 9.79. The molecule has 0 spiro atoms. The summed E-state index contributed by atoms with van der Waals surface area (Å²) in [6.07, 6.45) is 3.59. The summed E-state index contributed by atoms with van der Waals surface area (Å²) in [5, 5.41) is 4.99. The number of nitrogens with two attached hydrogens (primary N) is 1. The van der Waals surface area contributed by atoms with Crippen LogP contribution in [0, 0.1) is 0 Å². The van der Waals surface area contributed by atoms with E-state index >= 15 is 0 Å². The number of hydrogen-bond donors (Lipinski definition) is 1. The van der Waals surface area contributed by atoms with Crippen molar-refractivity contribution in [2.45, 2.75) is 77.7 Å². The number of aromatic nitrogens is 2. The van der Waals surface area contributed by atoms with Gasteiger partial charge in [0.25, 0.3) is 0 Å². The Bertz CT molecular complexity index is 458. The molecule has 19 heavy (non-hydrogen) atoms. The van der Waals surface area contributed by atoms with Crippen molar-refractivity contribution in [3.63, 3.8) is 0 Å². The summed E-state index contributed by atoms with van der Waals surface area (Å²) < 4.78 is 2.25. The lowest BCUT2D eigenvalue weighted by molar-refractivity contribution is 0.333. The Balaban J connectivity index is 2.66. The second kappa shape index (κ2) is 4.62. The molecule has 2 N–H and O–H groups in total. The molecule has 1 aromatic rings. The number of fused-ring (bicyclic) bond motifs is 1. The van der Waals surface area contributed by atoms with E-state index < -0.39 is 0 Å². The molecule has 0 radical (unpaired) electrons. The minimum atomic E-state index is 0.0457. The molecule has 0 saturated carbocycles. The second-order valence-electron chi connectivity index (χ2n) is 7.87. The van der Waals surface area contributed by atoms with Crippen molar-refractivity contribution >= 4 is 0 Å². The van der Waals surface area contributed by atoms with E-state index in [-0.39, 0.29) is 11.0 Å². The van der Waals surface area contributed by atoms with Gasteiger partial charge in [-0.25, -0.2) is 0 Å². The first kappa shape index (κ1) is 14.6. The smallest absolute Gasteiger partial charge is 0.0716 e. The standard InChI is InChI=1S/C16H29N3/c1-15(2,3)14-13-11(10-17)8-7-9-12(13)19(18-14)16(4,5)6/h11H,7-10,17H2,1-6H3. The van der Waals surface area contributed by atoms with Crippen molar-refractivity contribution in [3.8, 4) is 0 Å². The van der Waals surface area contributed by atoms with Gasteiger partial charge in [-0.2, -0.15) is 5.10 Å².